The third-order valence-corrected chi connectivity index (χ3v) is 8.72. The summed E-state index contributed by atoms with van der Waals surface area (Å²) in [5.41, 5.74) is 1.88. The van der Waals surface area contributed by atoms with Crippen LogP contribution >= 0.6 is 23.5 Å². The number of fused-ring (bicyclic) bond motifs is 1. The molecule has 4 amide bonds. The van der Waals surface area contributed by atoms with Gasteiger partial charge in [-0.2, -0.15) is 0 Å². The molecule has 0 saturated carbocycles. The Bertz CT molecular complexity index is 1160. The first-order valence-corrected chi connectivity index (χ1v) is 13.9. The van der Waals surface area contributed by atoms with Crippen molar-refractivity contribution < 1.29 is 38.1 Å². The van der Waals surface area contributed by atoms with Crippen LogP contribution in [0.5, 0.6) is 11.5 Å². The Morgan fingerprint density at radius 2 is 1.05 bits per heavy atom. The van der Waals surface area contributed by atoms with Crippen LogP contribution in [0.25, 0.3) is 0 Å². The molecule has 4 saturated heterocycles. The molecule has 4 heterocycles. The molecule has 0 aromatic heterocycles. The summed E-state index contributed by atoms with van der Waals surface area (Å²) in [4.78, 5) is 46.3. The summed E-state index contributed by atoms with van der Waals surface area (Å²) in [5, 5.41) is 3.18. The lowest BCUT2D eigenvalue weighted by atomic mass is 10.1. The highest BCUT2D eigenvalue weighted by molar-refractivity contribution is 8.15. The number of benzene rings is 2. The van der Waals surface area contributed by atoms with Gasteiger partial charge in [0, 0.05) is 0 Å². The number of carbonyl (C=O) groups excluding carboxylic acids is 4. The lowest BCUT2D eigenvalue weighted by Gasteiger charge is -2.19. The van der Waals surface area contributed by atoms with Crippen molar-refractivity contribution >= 4 is 45.8 Å². The van der Waals surface area contributed by atoms with E-state index in [-0.39, 0.29) is 46.7 Å². The zero-order chi connectivity index (χ0) is 26.2. The summed E-state index contributed by atoms with van der Waals surface area (Å²) in [7, 11) is 0. The Balaban J connectivity index is 1.00. The van der Waals surface area contributed by atoms with E-state index in [4.69, 9.17) is 18.9 Å². The fourth-order valence-electron chi connectivity index (χ4n) is 4.87. The van der Waals surface area contributed by atoms with Crippen LogP contribution in [0.1, 0.15) is 11.1 Å². The van der Waals surface area contributed by atoms with E-state index >= 15 is 0 Å². The molecule has 38 heavy (non-hydrogen) atoms. The third-order valence-electron chi connectivity index (χ3n) is 6.76. The minimum Gasteiger partial charge on any atom is -0.485 e. The highest BCUT2D eigenvalue weighted by Crippen LogP contribution is 2.33. The Labute approximate surface area is 226 Å². The van der Waals surface area contributed by atoms with E-state index in [0.29, 0.717) is 37.6 Å². The van der Waals surface area contributed by atoms with Crippen molar-refractivity contribution in [2.45, 2.75) is 47.8 Å². The molecule has 12 heteroatoms. The lowest BCUT2D eigenvalue weighted by Crippen LogP contribution is -2.36. The van der Waals surface area contributed by atoms with Crippen molar-refractivity contribution in [3.05, 3.63) is 59.7 Å². The highest BCUT2D eigenvalue weighted by atomic mass is 32.2. The first kappa shape index (κ1) is 25.2. The molecule has 10 nitrogen and oxygen atoms in total. The molecule has 6 atom stereocenters. The van der Waals surface area contributed by atoms with Crippen LogP contribution in [0.2, 0.25) is 0 Å². The molecule has 2 unspecified atom stereocenters. The number of hydrogen-bond donors (Lipinski definition) is 2. The van der Waals surface area contributed by atoms with Crippen LogP contribution in [-0.2, 0) is 31.9 Å². The van der Waals surface area contributed by atoms with Crippen molar-refractivity contribution in [3.63, 3.8) is 0 Å². The van der Waals surface area contributed by atoms with Gasteiger partial charge >= 0.3 is 0 Å². The molecule has 4 fully saturated rings. The van der Waals surface area contributed by atoms with E-state index in [1.54, 1.807) is 0 Å². The summed E-state index contributed by atoms with van der Waals surface area (Å²) in [6.45, 7) is 0.743. The molecule has 2 aromatic carbocycles. The molecule has 4 aliphatic rings. The number of carbonyl (C=O) groups is 4. The third kappa shape index (κ3) is 5.39. The van der Waals surface area contributed by atoms with Crippen molar-refractivity contribution in [3.8, 4) is 11.5 Å². The van der Waals surface area contributed by atoms with Gasteiger partial charge in [0.2, 0.25) is 11.8 Å². The Kier molecular flexibility index (Phi) is 7.04. The maximum atomic E-state index is 11.8. The standard InChI is InChI=1S/C26H24N2O8S2/c29-23-19(37-25(31)27-23)9-13-1-5-15(6-2-13)35-17-11-33-22-18(12-34-21(17)22)36-16-7-3-14(4-8-16)10-20-24(30)28-26(32)38-20/h1-8,17-22H,9-12H2,(H,27,29,31)(H,28,30,32)/t17-,18+,19?,20?,21-,22-/m1/s1. The van der Waals surface area contributed by atoms with Gasteiger partial charge in [-0.1, -0.05) is 47.8 Å². The van der Waals surface area contributed by atoms with Gasteiger partial charge in [-0.15, -0.1) is 0 Å². The molecular formula is C26H24N2O8S2. The Morgan fingerprint density at radius 1 is 0.658 bits per heavy atom. The molecule has 2 aromatic rings. The zero-order valence-corrected chi connectivity index (χ0v) is 21.6. The van der Waals surface area contributed by atoms with Crippen LogP contribution in [0, 0.1) is 0 Å². The van der Waals surface area contributed by atoms with Gasteiger partial charge < -0.3 is 18.9 Å². The lowest BCUT2D eigenvalue weighted by molar-refractivity contribution is -0.119. The number of rotatable bonds is 8. The van der Waals surface area contributed by atoms with E-state index in [0.717, 1.165) is 34.7 Å². The van der Waals surface area contributed by atoms with E-state index in [2.05, 4.69) is 10.6 Å². The number of nitrogens with one attached hydrogen (secondary N) is 2. The summed E-state index contributed by atoms with van der Waals surface area (Å²) in [6, 6.07) is 14.9. The summed E-state index contributed by atoms with van der Waals surface area (Å²) >= 11 is 2.03. The minimum absolute atomic E-state index is 0.254. The maximum absolute atomic E-state index is 11.8. The number of thioether (sulfide) groups is 2. The van der Waals surface area contributed by atoms with Gasteiger partial charge in [0.05, 0.1) is 23.7 Å². The van der Waals surface area contributed by atoms with E-state index in [1.807, 2.05) is 48.5 Å². The van der Waals surface area contributed by atoms with Crippen molar-refractivity contribution in [1.82, 2.24) is 10.6 Å². The van der Waals surface area contributed by atoms with Crippen LogP contribution in [-0.4, -0.2) is 70.4 Å². The van der Waals surface area contributed by atoms with Gasteiger partial charge in [-0.05, 0) is 48.2 Å². The van der Waals surface area contributed by atoms with E-state index in [9.17, 15) is 19.2 Å². The zero-order valence-electron chi connectivity index (χ0n) is 20.0. The van der Waals surface area contributed by atoms with Gasteiger partial charge in [0.25, 0.3) is 10.5 Å². The monoisotopic (exact) mass is 556 g/mol. The molecule has 6 rings (SSSR count). The molecular weight excluding hydrogens is 532 g/mol. The predicted molar refractivity (Wildman–Crippen MR) is 138 cm³/mol. The Hall–Kier alpha value is -3.06. The normalized spacial score (nSPS) is 30.3. The average molecular weight is 557 g/mol. The topological polar surface area (TPSA) is 129 Å². The fraction of sp³-hybridized carbons (Fsp3) is 0.385. The molecule has 4 aliphatic heterocycles. The van der Waals surface area contributed by atoms with Gasteiger partial charge in [0.15, 0.2) is 12.2 Å². The maximum Gasteiger partial charge on any atom is 0.286 e. The molecule has 2 N–H and O–H groups in total. The summed E-state index contributed by atoms with van der Waals surface area (Å²) < 4.78 is 24.3. The van der Waals surface area contributed by atoms with Crippen LogP contribution in [0.4, 0.5) is 9.59 Å². The minimum atomic E-state index is -0.406. The summed E-state index contributed by atoms with van der Waals surface area (Å²) in [6.07, 6.45) is -0.158. The first-order valence-electron chi connectivity index (χ1n) is 12.2. The Morgan fingerprint density at radius 3 is 1.39 bits per heavy atom. The second-order valence-electron chi connectivity index (χ2n) is 9.37. The molecule has 0 radical (unpaired) electrons. The number of amides is 4. The second-order valence-corrected chi connectivity index (χ2v) is 11.7. The molecule has 0 bridgehead atoms. The van der Waals surface area contributed by atoms with Gasteiger partial charge in [-0.25, -0.2) is 0 Å². The van der Waals surface area contributed by atoms with Crippen molar-refractivity contribution in [1.29, 1.82) is 0 Å². The first-order chi connectivity index (χ1) is 18.4. The smallest absolute Gasteiger partial charge is 0.286 e. The fourth-order valence-corrected chi connectivity index (χ4v) is 6.59. The second kappa shape index (κ2) is 10.6. The average Bonchev–Trinajstić information content (AvgIpc) is 3.63. The van der Waals surface area contributed by atoms with Gasteiger partial charge in [-0.3, -0.25) is 29.8 Å². The van der Waals surface area contributed by atoms with Gasteiger partial charge in [0.1, 0.15) is 23.7 Å². The van der Waals surface area contributed by atoms with Crippen LogP contribution in [0.15, 0.2) is 48.5 Å². The molecule has 0 spiro atoms. The molecule has 0 aliphatic carbocycles. The predicted octanol–water partition coefficient (Wildman–Crippen LogP) is 2.47. The SMILES string of the molecule is O=C1NC(=O)C(Cc2ccc(O[C@H]3CO[C@H]4[C@@H]3OC[C@H]4Oc3ccc(CC4SC(=O)NC4=O)cc3)cc2)S1. The quantitative estimate of drug-likeness (QED) is 0.500. The largest absolute Gasteiger partial charge is 0.485 e. The highest BCUT2D eigenvalue weighted by Gasteiger charge is 2.50. The number of ether oxygens (including phenoxy) is 4. The summed E-state index contributed by atoms with van der Waals surface area (Å²) in [5.74, 6) is 0.829. The van der Waals surface area contributed by atoms with Crippen LogP contribution in [0.3, 0.4) is 0 Å². The van der Waals surface area contributed by atoms with Crippen LogP contribution < -0.4 is 20.1 Å². The van der Waals surface area contributed by atoms with E-state index in [1.165, 1.54) is 0 Å². The van der Waals surface area contributed by atoms with Crippen molar-refractivity contribution in [2.75, 3.05) is 13.2 Å². The number of hydrogen-bond acceptors (Lipinski definition) is 10. The number of imide groups is 2. The van der Waals surface area contributed by atoms with E-state index < -0.39 is 10.5 Å². The molecule has 198 valence electrons. The van der Waals surface area contributed by atoms with Crippen molar-refractivity contribution in [2.24, 2.45) is 0 Å².